The van der Waals surface area contributed by atoms with Crippen molar-refractivity contribution < 1.29 is 22.7 Å². The lowest BCUT2D eigenvalue weighted by molar-refractivity contribution is -0.136. The van der Waals surface area contributed by atoms with E-state index in [1.165, 1.54) is 6.26 Å². The van der Waals surface area contributed by atoms with Gasteiger partial charge in [-0.3, -0.25) is 4.79 Å². The average molecular weight is 286 g/mol. The fraction of sp³-hybridized carbons (Fsp3) is 0.455. The summed E-state index contributed by atoms with van der Waals surface area (Å²) >= 11 is 0. The maximum absolute atomic E-state index is 12.0. The molecule has 104 valence electrons. The van der Waals surface area contributed by atoms with Crippen molar-refractivity contribution in [3.05, 3.63) is 24.2 Å². The highest BCUT2D eigenvalue weighted by atomic mass is 32.2. The van der Waals surface area contributed by atoms with Crippen LogP contribution in [0, 0.1) is 11.3 Å². The molecule has 0 fully saturated rings. The van der Waals surface area contributed by atoms with Gasteiger partial charge in [0.05, 0.1) is 31.1 Å². The van der Waals surface area contributed by atoms with Crippen LogP contribution >= 0.6 is 0 Å². The Morgan fingerprint density at radius 3 is 2.79 bits per heavy atom. The number of nitrogens with zero attached hydrogens (tertiary/aromatic N) is 2. The Morgan fingerprint density at radius 2 is 2.26 bits per heavy atom. The monoisotopic (exact) mass is 286 g/mol. The van der Waals surface area contributed by atoms with Crippen molar-refractivity contribution in [2.75, 3.05) is 12.3 Å². The van der Waals surface area contributed by atoms with Gasteiger partial charge in [0.2, 0.25) is 10.0 Å². The van der Waals surface area contributed by atoms with Gasteiger partial charge < -0.3 is 9.52 Å². The van der Waals surface area contributed by atoms with E-state index in [-0.39, 0.29) is 19.5 Å². The highest BCUT2D eigenvalue weighted by molar-refractivity contribution is 7.89. The summed E-state index contributed by atoms with van der Waals surface area (Å²) in [5.74, 6) is -1.23. The molecule has 1 N–H and O–H groups in total. The average Bonchev–Trinajstić information content (AvgIpc) is 2.84. The topological polar surface area (TPSA) is 112 Å². The summed E-state index contributed by atoms with van der Waals surface area (Å²) in [7, 11) is -3.72. The van der Waals surface area contributed by atoms with Crippen molar-refractivity contribution in [2.24, 2.45) is 0 Å². The largest absolute Gasteiger partial charge is 0.481 e. The van der Waals surface area contributed by atoms with Gasteiger partial charge in [0.15, 0.2) is 0 Å². The summed E-state index contributed by atoms with van der Waals surface area (Å²) in [4.78, 5) is 10.4. The minimum absolute atomic E-state index is 0.00334. The summed E-state index contributed by atoms with van der Waals surface area (Å²) in [5, 5.41) is 17.1. The standard InChI is InChI=1S/C11H14N2O5S/c12-5-2-6-13(9-10-3-1-7-18-10)19(16,17)8-4-11(14)15/h1,3,7H,2,4,6,8-9H2,(H,14,15). The number of hydrogen-bond acceptors (Lipinski definition) is 5. The van der Waals surface area contributed by atoms with Crippen LogP contribution < -0.4 is 0 Å². The lowest BCUT2D eigenvalue weighted by Gasteiger charge is -2.19. The van der Waals surface area contributed by atoms with Crippen molar-refractivity contribution in [3.8, 4) is 6.07 Å². The van der Waals surface area contributed by atoms with Gasteiger partial charge in [-0.1, -0.05) is 0 Å². The highest BCUT2D eigenvalue weighted by Gasteiger charge is 2.23. The highest BCUT2D eigenvalue weighted by Crippen LogP contribution is 2.12. The molecular formula is C11H14N2O5S. The van der Waals surface area contributed by atoms with Gasteiger partial charge >= 0.3 is 5.97 Å². The van der Waals surface area contributed by atoms with Crippen LogP contribution in [0.3, 0.4) is 0 Å². The van der Waals surface area contributed by atoms with Gasteiger partial charge in [0, 0.05) is 13.0 Å². The SMILES string of the molecule is N#CCCN(Cc1ccco1)S(=O)(=O)CCC(=O)O. The number of furan rings is 1. The van der Waals surface area contributed by atoms with Crippen molar-refractivity contribution in [1.82, 2.24) is 4.31 Å². The number of rotatable bonds is 8. The molecule has 1 aromatic rings. The second kappa shape index (κ2) is 6.92. The van der Waals surface area contributed by atoms with Gasteiger partial charge in [0.1, 0.15) is 5.76 Å². The van der Waals surface area contributed by atoms with Crippen molar-refractivity contribution >= 4 is 16.0 Å². The van der Waals surface area contributed by atoms with Crippen LogP contribution in [0.4, 0.5) is 0 Å². The zero-order valence-corrected chi connectivity index (χ0v) is 11.0. The molecule has 1 rings (SSSR count). The molecule has 0 radical (unpaired) electrons. The van der Waals surface area contributed by atoms with Crippen LogP contribution in [0.2, 0.25) is 0 Å². The predicted octanol–water partition coefficient (Wildman–Crippen LogP) is 0.800. The van der Waals surface area contributed by atoms with E-state index in [1.807, 2.05) is 6.07 Å². The molecule has 0 bridgehead atoms. The number of carbonyl (C=O) groups is 1. The maximum Gasteiger partial charge on any atom is 0.304 e. The molecule has 8 heteroatoms. The van der Waals surface area contributed by atoms with Crippen molar-refractivity contribution in [3.63, 3.8) is 0 Å². The smallest absolute Gasteiger partial charge is 0.304 e. The van der Waals surface area contributed by atoms with Crippen LogP contribution in [0.15, 0.2) is 22.8 Å². The van der Waals surface area contributed by atoms with Crippen LogP contribution in [0.25, 0.3) is 0 Å². The second-order valence-electron chi connectivity index (χ2n) is 3.78. The van der Waals surface area contributed by atoms with E-state index in [9.17, 15) is 13.2 Å². The number of sulfonamides is 1. The molecule has 0 amide bonds. The Morgan fingerprint density at radius 1 is 1.53 bits per heavy atom. The number of carboxylic acid groups (broad SMARTS) is 1. The molecule has 0 saturated heterocycles. The molecule has 0 saturated carbocycles. The molecule has 0 atom stereocenters. The molecule has 1 heterocycles. The number of nitriles is 1. The Kier molecular flexibility index (Phi) is 5.54. The zero-order valence-electron chi connectivity index (χ0n) is 10.2. The first kappa shape index (κ1) is 15.2. The number of carboxylic acids is 1. The summed E-state index contributed by atoms with van der Waals surface area (Å²) in [6.45, 7) is 0.00971. The Bertz CT molecular complexity index is 544. The van der Waals surface area contributed by atoms with Gasteiger partial charge in [-0.15, -0.1) is 0 Å². The molecule has 19 heavy (non-hydrogen) atoms. The Balaban J connectivity index is 2.77. The molecule has 0 unspecified atom stereocenters. The molecule has 0 spiro atoms. The molecule has 1 aromatic heterocycles. The van der Waals surface area contributed by atoms with Crippen LogP contribution in [-0.2, 0) is 21.4 Å². The summed E-state index contributed by atoms with van der Waals surface area (Å²) < 4.78 is 30.1. The summed E-state index contributed by atoms with van der Waals surface area (Å²) in [6.07, 6.45) is 0.984. The summed E-state index contributed by atoms with van der Waals surface area (Å²) in [5.41, 5.74) is 0. The van der Waals surface area contributed by atoms with Crippen molar-refractivity contribution in [1.29, 1.82) is 5.26 Å². The summed E-state index contributed by atoms with van der Waals surface area (Å²) in [6, 6.07) is 5.11. The van der Waals surface area contributed by atoms with Gasteiger partial charge in [-0.2, -0.15) is 9.57 Å². The Hall–Kier alpha value is -1.85. The minimum Gasteiger partial charge on any atom is -0.481 e. The van der Waals surface area contributed by atoms with E-state index in [1.54, 1.807) is 12.1 Å². The van der Waals surface area contributed by atoms with E-state index in [2.05, 4.69) is 0 Å². The minimum atomic E-state index is -3.72. The Labute approximate surface area is 111 Å². The molecule has 0 aliphatic rings. The van der Waals surface area contributed by atoms with E-state index < -0.39 is 28.2 Å². The van der Waals surface area contributed by atoms with Crippen molar-refractivity contribution in [2.45, 2.75) is 19.4 Å². The third kappa shape index (κ3) is 5.11. The molecule has 0 aliphatic carbocycles. The quantitative estimate of drug-likeness (QED) is 0.756. The second-order valence-corrected chi connectivity index (χ2v) is 5.87. The van der Waals surface area contributed by atoms with E-state index in [0.717, 1.165) is 4.31 Å². The number of hydrogen-bond donors (Lipinski definition) is 1. The van der Waals surface area contributed by atoms with E-state index >= 15 is 0 Å². The first-order chi connectivity index (χ1) is 8.95. The zero-order chi connectivity index (χ0) is 14.3. The third-order valence-corrected chi connectivity index (χ3v) is 4.17. The fourth-order valence-electron chi connectivity index (χ4n) is 1.41. The van der Waals surface area contributed by atoms with Crippen LogP contribution in [0.5, 0.6) is 0 Å². The maximum atomic E-state index is 12.0. The number of aliphatic carboxylic acids is 1. The molecule has 0 aliphatic heterocycles. The molecular weight excluding hydrogens is 272 g/mol. The van der Waals surface area contributed by atoms with Gasteiger partial charge in [-0.25, -0.2) is 8.42 Å². The predicted molar refractivity (Wildman–Crippen MR) is 65.4 cm³/mol. The third-order valence-electron chi connectivity index (χ3n) is 2.35. The first-order valence-corrected chi connectivity index (χ1v) is 7.15. The van der Waals surface area contributed by atoms with Crippen LogP contribution in [0.1, 0.15) is 18.6 Å². The molecule has 7 nitrogen and oxygen atoms in total. The van der Waals surface area contributed by atoms with Crippen LogP contribution in [-0.4, -0.2) is 36.1 Å². The lowest BCUT2D eigenvalue weighted by atomic mass is 10.4. The normalized spacial score (nSPS) is 11.4. The van der Waals surface area contributed by atoms with E-state index in [4.69, 9.17) is 14.8 Å². The van der Waals surface area contributed by atoms with E-state index in [0.29, 0.717) is 5.76 Å². The lowest BCUT2D eigenvalue weighted by Crippen LogP contribution is -2.34. The molecule has 0 aromatic carbocycles. The fourth-order valence-corrected chi connectivity index (χ4v) is 2.80. The van der Waals surface area contributed by atoms with Gasteiger partial charge in [-0.05, 0) is 12.1 Å². The van der Waals surface area contributed by atoms with Gasteiger partial charge in [0.25, 0.3) is 0 Å². The first-order valence-electron chi connectivity index (χ1n) is 5.54.